The minimum atomic E-state index is -5.40. The van der Waals surface area contributed by atoms with E-state index >= 15 is 0 Å². The van der Waals surface area contributed by atoms with Gasteiger partial charge in [-0.25, -0.2) is 52.9 Å². The summed E-state index contributed by atoms with van der Waals surface area (Å²) in [6.07, 6.45) is 0. The Kier molecular flexibility index (Phi) is 22.4. The van der Waals surface area contributed by atoms with Crippen LogP contribution in [0.5, 0.6) is 0 Å². The van der Waals surface area contributed by atoms with Gasteiger partial charge in [0, 0.05) is 0 Å². The van der Waals surface area contributed by atoms with Crippen molar-refractivity contribution in [2.45, 2.75) is 0 Å². The molecule has 32 heavy (non-hydrogen) atoms. The molecule has 0 aromatic carbocycles. The molecule has 0 spiro atoms. The number of phosphoric acid groups is 3. The van der Waals surface area contributed by atoms with Crippen molar-refractivity contribution in [1.82, 2.24) is 0 Å². The van der Waals surface area contributed by atoms with E-state index in [1.54, 1.807) is 0 Å². The quantitative estimate of drug-likeness (QED) is 0.0534. The predicted molar refractivity (Wildman–Crippen MR) is 77.8 cm³/mol. The van der Waals surface area contributed by atoms with Crippen molar-refractivity contribution in [3.8, 4) is 0 Å². The second-order valence-electron chi connectivity index (χ2n) is 3.03. The smallest absolute Gasteiger partial charge is 0.754 e. The third kappa shape index (κ3) is 35.6. The largest absolute Gasteiger partial charge is 3.00 e. The first-order chi connectivity index (χ1) is 12.8. The fourth-order valence-corrected chi connectivity index (χ4v) is 3.39. The maximum Gasteiger partial charge on any atom is 3.00 e. The van der Waals surface area contributed by atoms with E-state index in [2.05, 4.69) is 25.9 Å². The van der Waals surface area contributed by atoms with Crippen molar-refractivity contribution in [2.75, 3.05) is 0 Å². The van der Waals surface area contributed by atoms with E-state index in [-0.39, 0.29) is 34.7 Å². The standard InChI is InChI=1S/2Al.3H3O8PS/c;;3*1-7-9(2,3)8-10(4,5)6/h;;3*1H,(H,2,3)(H,4,5,6)/q2*+3;;;/p-6. The van der Waals surface area contributed by atoms with Gasteiger partial charge in [0.05, 0.1) is 0 Å². The third-order valence-electron chi connectivity index (χ3n) is 0.848. The summed E-state index contributed by atoms with van der Waals surface area (Å²) >= 11 is 0. The van der Waals surface area contributed by atoms with Crippen LogP contribution >= 0.6 is 23.5 Å². The van der Waals surface area contributed by atoms with Crippen molar-refractivity contribution in [1.29, 1.82) is 0 Å². The summed E-state index contributed by atoms with van der Waals surface area (Å²) in [5.41, 5.74) is 0. The second-order valence-corrected chi connectivity index (χ2v) is 10.4. The molecule has 32 heteroatoms. The predicted octanol–water partition coefficient (Wildman–Crippen LogP) is -5.50. The molecule has 0 aromatic heterocycles. The molecule has 0 aromatic rings. The van der Waals surface area contributed by atoms with Gasteiger partial charge in [-0.05, 0) is 0 Å². The van der Waals surface area contributed by atoms with Crippen LogP contribution in [0.3, 0.4) is 0 Å². The normalized spacial score (nSPS) is 17.2. The first kappa shape index (κ1) is 43.1. The Balaban J connectivity index is -0.000000110. The second kappa shape index (κ2) is 16.6. The minimum Gasteiger partial charge on any atom is -0.754 e. The molecular weight excluding hydrogens is 627 g/mol. The Morgan fingerprint density at radius 3 is 0.656 bits per heavy atom. The van der Waals surface area contributed by atoms with E-state index in [1.165, 1.54) is 0 Å². The molecule has 0 saturated heterocycles. The van der Waals surface area contributed by atoms with Gasteiger partial charge in [-0.3, -0.25) is 13.7 Å². The molecule has 3 atom stereocenters. The monoisotopic (exact) mass is 630 g/mol. The molecule has 0 saturated carbocycles. The minimum absolute atomic E-state index is 0. The maximum absolute atomic E-state index is 9.77. The molecule has 0 radical (unpaired) electrons. The summed E-state index contributed by atoms with van der Waals surface area (Å²) in [6.45, 7) is 0. The maximum atomic E-state index is 9.77. The van der Waals surface area contributed by atoms with Crippen LogP contribution in [0.1, 0.15) is 0 Å². The van der Waals surface area contributed by atoms with Crippen LogP contribution in [0, 0.1) is 0 Å². The van der Waals surface area contributed by atoms with Crippen LogP contribution in [-0.2, 0) is 70.8 Å². The summed E-state index contributed by atoms with van der Waals surface area (Å²) in [7, 11) is -32.4. The summed E-state index contributed by atoms with van der Waals surface area (Å²) < 4.78 is 130. The SMILES string of the molecule is O=P([O-])(OO)OS(=O)(=O)[O-].O=P([O-])(OO)OS(=O)(=O)[O-].O=P([O-])(OO)OS(=O)(=O)[O-].[Al+3].[Al+3]. The molecule has 24 nitrogen and oxygen atoms in total. The van der Waals surface area contributed by atoms with Crippen LogP contribution in [0.25, 0.3) is 0 Å². The summed E-state index contributed by atoms with van der Waals surface area (Å²) in [5, 5.41) is 22.1. The van der Waals surface area contributed by atoms with Gasteiger partial charge in [0.2, 0.25) is 31.2 Å². The molecule has 3 unspecified atom stereocenters. The molecule has 0 aliphatic heterocycles. The fourth-order valence-electron chi connectivity index (χ4n) is 0.376. The van der Waals surface area contributed by atoms with Gasteiger partial charge in [0.15, 0.2) is 0 Å². The molecule has 0 aliphatic rings. The van der Waals surface area contributed by atoms with Crippen molar-refractivity contribution in [2.24, 2.45) is 0 Å². The van der Waals surface area contributed by atoms with Gasteiger partial charge >= 0.3 is 58.2 Å². The first-order valence-corrected chi connectivity index (χ1v) is 13.1. The molecule has 0 heterocycles. The van der Waals surface area contributed by atoms with E-state index in [4.69, 9.17) is 15.8 Å². The molecule has 0 rings (SSSR count). The Morgan fingerprint density at radius 2 is 0.625 bits per heavy atom. The van der Waals surface area contributed by atoms with Gasteiger partial charge in [-0.15, -0.1) is 0 Å². The van der Waals surface area contributed by atoms with Crippen LogP contribution in [0.2, 0.25) is 0 Å². The first-order valence-electron chi connectivity index (χ1n) is 4.74. The van der Waals surface area contributed by atoms with E-state index < -0.39 is 54.7 Å². The van der Waals surface area contributed by atoms with Crippen molar-refractivity contribution in [3.05, 3.63) is 0 Å². The Hall–Kier alpha value is 1.00. The van der Waals surface area contributed by atoms with E-state index in [0.29, 0.717) is 0 Å². The van der Waals surface area contributed by atoms with E-state index in [0.717, 1.165) is 0 Å². The van der Waals surface area contributed by atoms with Crippen molar-refractivity contribution < 1.29 is 109 Å². The van der Waals surface area contributed by atoms with Crippen LogP contribution in [0.4, 0.5) is 0 Å². The Morgan fingerprint density at radius 1 is 0.500 bits per heavy atom. The molecule has 0 aliphatic carbocycles. The summed E-state index contributed by atoms with van der Waals surface area (Å²) in [6, 6.07) is 0. The zero-order chi connectivity index (χ0) is 25.2. The van der Waals surface area contributed by atoms with E-state index in [9.17, 15) is 67.3 Å². The topological polar surface area (TPSA) is 408 Å². The van der Waals surface area contributed by atoms with Crippen LogP contribution in [0.15, 0.2) is 0 Å². The Labute approximate surface area is 198 Å². The number of rotatable bonds is 9. The average Bonchev–Trinajstić information content (AvgIpc) is 2.41. The van der Waals surface area contributed by atoms with Gasteiger partial charge in [0.25, 0.3) is 0 Å². The fraction of sp³-hybridized carbons (Fsp3) is 0. The van der Waals surface area contributed by atoms with Crippen molar-refractivity contribution >= 4 is 89.4 Å². The van der Waals surface area contributed by atoms with Crippen LogP contribution in [-0.4, -0.2) is 89.4 Å². The summed E-state index contributed by atoms with van der Waals surface area (Å²) in [4.78, 5) is 29.3. The van der Waals surface area contributed by atoms with Gasteiger partial charge in [-0.2, -0.15) is 14.0 Å². The van der Waals surface area contributed by atoms with E-state index in [1.807, 2.05) is 0 Å². The average molecular weight is 630 g/mol. The zero-order valence-electron chi connectivity index (χ0n) is 13.6. The van der Waals surface area contributed by atoms with Gasteiger partial charge in [-0.1, -0.05) is 0 Å². The molecule has 186 valence electrons. The van der Waals surface area contributed by atoms with Gasteiger partial charge in [0.1, 0.15) is 0 Å². The molecule has 0 fully saturated rings. The van der Waals surface area contributed by atoms with Crippen LogP contribution < -0.4 is 14.7 Å². The Bertz CT molecular complexity index is 841. The molecular formula is H3Al2O24P3S3. The van der Waals surface area contributed by atoms with Crippen molar-refractivity contribution in [3.63, 3.8) is 0 Å². The molecule has 0 bridgehead atoms. The zero-order valence-corrected chi connectivity index (χ0v) is 21.1. The third-order valence-corrected chi connectivity index (χ3v) is 5.83. The molecule has 3 N–H and O–H groups in total. The summed E-state index contributed by atoms with van der Waals surface area (Å²) in [5.74, 6) is 0. The number of hydrogen-bond acceptors (Lipinski definition) is 24. The van der Waals surface area contributed by atoms with Gasteiger partial charge < -0.3 is 28.3 Å². The molecule has 0 amide bonds. The number of hydrogen-bond donors (Lipinski definition) is 3.